The van der Waals surface area contributed by atoms with Gasteiger partial charge in [0.15, 0.2) is 17.3 Å². The van der Waals surface area contributed by atoms with Crippen LogP contribution in [0.2, 0.25) is 0 Å². The molecule has 2 aromatic heterocycles. The summed E-state index contributed by atoms with van der Waals surface area (Å²) in [5.41, 5.74) is 2.95. The molecular weight excluding hydrogens is 594 g/mol. The van der Waals surface area contributed by atoms with Gasteiger partial charge in [0.2, 0.25) is 0 Å². The van der Waals surface area contributed by atoms with Crippen LogP contribution in [0.5, 0.6) is 17.2 Å². The quantitative estimate of drug-likeness (QED) is 0.254. The van der Waals surface area contributed by atoms with Gasteiger partial charge in [-0.25, -0.2) is 9.98 Å². The molecular formula is C22H16Br3N3O3. The summed E-state index contributed by atoms with van der Waals surface area (Å²) in [6.07, 6.45) is 3.64. The van der Waals surface area contributed by atoms with Crippen LogP contribution in [-0.2, 0) is 0 Å². The lowest BCUT2D eigenvalue weighted by molar-refractivity contribution is 0.373. The van der Waals surface area contributed by atoms with E-state index in [-0.39, 0.29) is 5.75 Å². The van der Waals surface area contributed by atoms with Gasteiger partial charge in [0.05, 0.1) is 18.7 Å². The van der Waals surface area contributed by atoms with E-state index in [1.165, 1.54) is 7.11 Å². The first-order chi connectivity index (χ1) is 14.9. The van der Waals surface area contributed by atoms with Crippen LogP contribution in [0.4, 0.5) is 5.82 Å². The SMILES string of the molecule is COc1cc(-c2nc3ccc(Br)cn3c2N=Cc2cc(Br)cc(Br)c2OC)ccc1O. The molecule has 4 aromatic rings. The third kappa shape index (κ3) is 4.35. The lowest BCUT2D eigenvalue weighted by Crippen LogP contribution is -1.93. The number of aromatic nitrogens is 2. The molecule has 0 aliphatic rings. The summed E-state index contributed by atoms with van der Waals surface area (Å²) in [6.45, 7) is 0. The van der Waals surface area contributed by atoms with Gasteiger partial charge < -0.3 is 14.6 Å². The number of hydrogen-bond acceptors (Lipinski definition) is 5. The van der Waals surface area contributed by atoms with E-state index in [4.69, 9.17) is 19.5 Å². The fourth-order valence-electron chi connectivity index (χ4n) is 3.17. The predicted octanol–water partition coefficient (Wildman–Crippen LogP) is 6.76. The first-order valence-corrected chi connectivity index (χ1v) is 11.4. The number of aromatic hydroxyl groups is 1. The van der Waals surface area contributed by atoms with Crippen LogP contribution in [0, 0.1) is 0 Å². The number of nitrogens with zero attached hydrogens (tertiary/aromatic N) is 3. The number of rotatable bonds is 5. The van der Waals surface area contributed by atoms with Crippen molar-refractivity contribution in [3.63, 3.8) is 0 Å². The third-order valence-corrected chi connectivity index (χ3v) is 6.09. The minimum absolute atomic E-state index is 0.0616. The monoisotopic (exact) mass is 607 g/mol. The molecule has 2 heterocycles. The summed E-state index contributed by atoms with van der Waals surface area (Å²) in [6, 6.07) is 12.8. The van der Waals surface area contributed by atoms with Gasteiger partial charge >= 0.3 is 0 Å². The summed E-state index contributed by atoms with van der Waals surface area (Å²) < 4.78 is 15.3. The van der Waals surface area contributed by atoms with Gasteiger partial charge in [0, 0.05) is 32.5 Å². The number of hydrogen-bond donors (Lipinski definition) is 1. The van der Waals surface area contributed by atoms with Gasteiger partial charge in [-0.2, -0.15) is 0 Å². The summed E-state index contributed by atoms with van der Waals surface area (Å²) in [5, 5.41) is 9.98. The van der Waals surface area contributed by atoms with Crippen LogP contribution < -0.4 is 9.47 Å². The number of ether oxygens (including phenoxy) is 2. The van der Waals surface area contributed by atoms with Crippen molar-refractivity contribution in [3.05, 3.63) is 67.6 Å². The summed E-state index contributed by atoms with van der Waals surface area (Å²) in [7, 11) is 3.13. The molecule has 31 heavy (non-hydrogen) atoms. The number of benzene rings is 2. The molecule has 9 heteroatoms. The first kappa shape index (κ1) is 21.9. The molecule has 0 fully saturated rings. The molecule has 0 aliphatic heterocycles. The number of aliphatic imine (C=N–C) groups is 1. The van der Waals surface area contributed by atoms with Crippen LogP contribution >= 0.6 is 47.8 Å². The Hall–Kier alpha value is -2.36. The van der Waals surface area contributed by atoms with Gasteiger partial charge in [-0.15, -0.1) is 0 Å². The first-order valence-electron chi connectivity index (χ1n) is 9.03. The Morgan fingerprint density at radius 3 is 2.55 bits per heavy atom. The normalized spacial score (nSPS) is 11.4. The molecule has 0 saturated heterocycles. The van der Waals surface area contributed by atoms with Crippen molar-refractivity contribution >= 4 is 65.5 Å². The number of pyridine rings is 1. The average Bonchev–Trinajstić information content (AvgIpc) is 3.10. The largest absolute Gasteiger partial charge is 0.504 e. The molecule has 0 unspecified atom stereocenters. The van der Waals surface area contributed by atoms with E-state index in [9.17, 15) is 5.11 Å². The second kappa shape index (κ2) is 9.02. The van der Waals surface area contributed by atoms with E-state index in [0.717, 1.165) is 30.2 Å². The maximum absolute atomic E-state index is 9.98. The Labute approximate surface area is 203 Å². The molecule has 0 amide bonds. The summed E-state index contributed by atoms with van der Waals surface area (Å²) >= 11 is 10.5. The molecule has 0 aliphatic carbocycles. The minimum atomic E-state index is 0.0616. The summed E-state index contributed by atoms with van der Waals surface area (Å²) in [5.74, 6) is 1.73. The lowest BCUT2D eigenvalue weighted by atomic mass is 10.1. The van der Waals surface area contributed by atoms with Gasteiger partial charge in [-0.3, -0.25) is 4.40 Å². The van der Waals surface area contributed by atoms with Gasteiger partial charge in [0.25, 0.3) is 0 Å². The van der Waals surface area contributed by atoms with Crippen LogP contribution in [-0.4, -0.2) is 34.9 Å². The molecule has 1 N–H and O–H groups in total. The maximum Gasteiger partial charge on any atom is 0.165 e. The average molecular weight is 610 g/mol. The highest BCUT2D eigenvalue weighted by Crippen LogP contribution is 2.37. The topological polar surface area (TPSA) is 68.4 Å². The number of imidazole rings is 1. The van der Waals surface area contributed by atoms with Gasteiger partial charge in [-0.1, -0.05) is 15.9 Å². The van der Waals surface area contributed by atoms with Crippen LogP contribution in [0.25, 0.3) is 16.9 Å². The van der Waals surface area contributed by atoms with Gasteiger partial charge in [0.1, 0.15) is 17.1 Å². The number of methoxy groups -OCH3 is 2. The van der Waals surface area contributed by atoms with Crippen molar-refractivity contribution in [3.8, 4) is 28.5 Å². The number of halogens is 3. The number of phenolic OH excluding ortho intramolecular Hbond substituents is 1. The Balaban J connectivity index is 1.92. The molecule has 6 nitrogen and oxygen atoms in total. The van der Waals surface area contributed by atoms with Crippen molar-refractivity contribution in [2.24, 2.45) is 4.99 Å². The summed E-state index contributed by atoms with van der Waals surface area (Å²) in [4.78, 5) is 9.54. The Kier molecular flexibility index (Phi) is 6.36. The molecule has 0 radical (unpaired) electrons. The minimum Gasteiger partial charge on any atom is -0.504 e. The van der Waals surface area contributed by atoms with E-state index in [1.807, 2.05) is 34.9 Å². The zero-order valence-electron chi connectivity index (χ0n) is 16.4. The second-order valence-corrected chi connectivity index (χ2v) is 9.20. The van der Waals surface area contributed by atoms with Crippen LogP contribution in [0.3, 0.4) is 0 Å². The Morgan fingerprint density at radius 1 is 1.00 bits per heavy atom. The molecule has 4 rings (SSSR count). The molecule has 0 atom stereocenters. The fourth-order valence-corrected chi connectivity index (χ4v) is 4.93. The highest BCUT2D eigenvalue weighted by atomic mass is 79.9. The predicted molar refractivity (Wildman–Crippen MR) is 132 cm³/mol. The van der Waals surface area contributed by atoms with E-state index in [0.29, 0.717) is 23.0 Å². The molecule has 2 aromatic carbocycles. The second-order valence-electron chi connectivity index (χ2n) is 6.51. The molecule has 0 saturated carbocycles. The van der Waals surface area contributed by atoms with E-state index >= 15 is 0 Å². The zero-order valence-corrected chi connectivity index (χ0v) is 21.2. The van der Waals surface area contributed by atoms with Crippen molar-refractivity contribution in [2.45, 2.75) is 0 Å². The van der Waals surface area contributed by atoms with Crippen molar-refractivity contribution < 1.29 is 14.6 Å². The third-order valence-electron chi connectivity index (χ3n) is 4.58. The van der Waals surface area contributed by atoms with E-state index in [1.54, 1.807) is 31.5 Å². The molecule has 0 spiro atoms. The Bertz CT molecular complexity index is 1320. The highest BCUT2D eigenvalue weighted by molar-refractivity contribution is 9.11. The van der Waals surface area contributed by atoms with Crippen molar-refractivity contribution in [1.29, 1.82) is 0 Å². The number of fused-ring (bicyclic) bond motifs is 1. The van der Waals surface area contributed by atoms with Crippen molar-refractivity contribution in [2.75, 3.05) is 14.2 Å². The highest BCUT2D eigenvalue weighted by Gasteiger charge is 2.16. The maximum atomic E-state index is 9.98. The lowest BCUT2D eigenvalue weighted by Gasteiger charge is -2.08. The Morgan fingerprint density at radius 2 is 1.81 bits per heavy atom. The smallest absolute Gasteiger partial charge is 0.165 e. The zero-order chi connectivity index (χ0) is 22.1. The number of phenols is 1. The standard InChI is InChI=1S/C22H16Br3N3O3/c1-30-18-8-12(3-5-17(18)29)20-22(28-11-14(23)4-6-19(28)27-20)26-10-13-7-15(24)9-16(25)21(13)31-2/h3-11,29H,1-2H3. The molecule has 158 valence electrons. The fraction of sp³-hybridized carbons (Fsp3) is 0.0909. The van der Waals surface area contributed by atoms with Crippen LogP contribution in [0.1, 0.15) is 5.56 Å². The van der Waals surface area contributed by atoms with Crippen molar-refractivity contribution in [1.82, 2.24) is 9.38 Å². The van der Waals surface area contributed by atoms with E-state index < -0.39 is 0 Å². The van der Waals surface area contributed by atoms with Gasteiger partial charge in [-0.05, 0) is 74.3 Å². The molecule has 0 bridgehead atoms. The van der Waals surface area contributed by atoms with Crippen LogP contribution in [0.15, 0.2) is 67.1 Å². The van der Waals surface area contributed by atoms with E-state index in [2.05, 4.69) is 47.8 Å².